The average molecular weight is 423 g/mol. The Morgan fingerprint density at radius 1 is 0.968 bits per heavy atom. The number of carbonyl (C=O) groups is 1. The van der Waals surface area contributed by atoms with Crippen molar-refractivity contribution in [3.63, 3.8) is 0 Å². The summed E-state index contributed by atoms with van der Waals surface area (Å²) < 4.78 is 43.5. The van der Waals surface area contributed by atoms with Crippen LogP contribution in [0.1, 0.15) is 11.1 Å². The molecule has 2 aromatic carbocycles. The van der Waals surface area contributed by atoms with Crippen LogP contribution in [-0.4, -0.2) is 25.5 Å². The molecule has 0 atom stereocenters. The van der Waals surface area contributed by atoms with E-state index in [9.17, 15) is 18.0 Å². The number of hydrogen-bond donors (Lipinski definition) is 1. The molecule has 1 amide bonds. The summed E-state index contributed by atoms with van der Waals surface area (Å²) in [5.41, 5.74) is 0.416. The van der Waals surface area contributed by atoms with Crippen molar-refractivity contribution < 1.29 is 18.0 Å². The van der Waals surface area contributed by atoms with Gasteiger partial charge in [-0.1, -0.05) is 18.2 Å². The van der Waals surface area contributed by atoms with E-state index in [1.54, 1.807) is 23.1 Å². The average Bonchev–Trinajstić information content (AvgIpc) is 3.45. The van der Waals surface area contributed by atoms with Gasteiger partial charge in [0.05, 0.1) is 28.8 Å². The van der Waals surface area contributed by atoms with E-state index < -0.39 is 17.6 Å². The van der Waals surface area contributed by atoms with Crippen molar-refractivity contribution in [3.8, 4) is 11.4 Å². The lowest BCUT2D eigenvalue weighted by Gasteiger charge is -2.14. The van der Waals surface area contributed by atoms with Crippen LogP contribution in [0.15, 0.2) is 85.5 Å². The van der Waals surface area contributed by atoms with Gasteiger partial charge in [-0.3, -0.25) is 4.79 Å². The second kappa shape index (κ2) is 8.31. The van der Waals surface area contributed by atoms with E-state index in [4.69, 9.17) is 0 Å². The standard InChI is InChI=1S/C22H16F3N5O/c23-22(24,25)19-13-18(29-12-4-11-26-29)8-9-20(19)28-21(31)10-7-16-14-27-30(15-16)17-5-2-1-3-6-17/h1-15H,(H,28,31)/b10-7+. The maximum atomic E-state index is 13.5. The summed E-state index contributed by atoms with van der Waals surface area (Å²) in [6.07, 6.45) is 4.25. The molecule has 0 fully saturated rings. The van der Waals surface area contributed by atoms with E-state index >= 15 is 0 Å². The third-order valence-electron chi connectivity index (χ3n) is 4.39. The van der Waals surface area contributed by atoms with Gasteiger partial charge in [-0.05, 0) is 42.5 Å². The Morgan fingerprint density at radius 2 is 1.77 bits per heavy atom. The number of carbonyl (C=O) groups excluding carboxylic acids is 1. The van der Waals surface area contributed by atoms with Gasteiger partial charge in [0.25, 0.3) is 0 Å². The second-order valence-electron chi connectivity index (χ2n) is 6.55. The zero-order valence-corrected chi connectivity index (χ0v) is 16.0. The molecule has 0 aliphatic heterocycles. The van der Waals surface area contributed by atoms with Crippen molar-refractivity contribution in [2.24, 2.45) is 0 Å². The predicted molar refractivity (Wildman–Crippen MR) is 110 cm³/mol. The smallest absolute Gasteiger partial charge is 0.322 e. The number of para-hydroxylation sites is 1. The van der Waals surface area contributed by atoms with Crippen molar-refractivity contribution in [1.29, 1.82) is 0 Å². The van der Waals surface area contributed by atoms with E-state index in [0.29, 0.717) is 5.56 Å². The highest BCUT2D eigenvalue weighted by Crippen LogP contribution is 2.36. The molecular formula is C22H16F3N5O. The number of alkyl halides is 3. The molecule has 9 heteroatoms. The Hall–Kier alpha value is -4.14. The fraction of sp³-hybridized carbons (Fsp3) is 0.0455. The summed E-state index contributed by atoms with van der Waals surface area (Å²) in [7, 11) is 0. The number of rotatable bonds is 5. The van der Waals surface area contributed by atoms with Crippen molar-refractivity contribution >= 4 is 17.7 Å². The SMILES string of the molecule is O=C(/C=C/c1cnn(-c2ccccc2)c1)Nc1ccc(-n2cccn2)cc1C(F)(F)F. The molecule has 0 aliphatic carbocycles. The fourth-order valence-corrected chi connectivity index (χ4v) is 2.93. The molecule has 4 aromatic rings. The maximum absolute atomic E-state index is 13.5. The van der Waals surface area contributed by atoms with E-state index in [0.717, 1.165) is 17.8 Å². The Morgan fingerprint density at radius 3 is 2.48 bits per heavy atom. The van der Waals surface area contributed by atoms with E-state index in [-0.39, 0.29) is 11.4 Å². The minimum atomic E-state index is -4.65. The zero-order valence-electron chi connectivity index (χ0n) is 16.0. The van der Waals surface area contributed by atoms with Gasteiger partial charge in [-0.2, -0.15) is 23.4 Å². The Kier molecular flexibility index (Phi) is 5.40. The summed E-state index contributed by atoms with van der Waals surface area (Å²) >= 11 is 0. The number of amides is 1. The quantitative estimate of drug-likeness (QED) is 0.472. The van der Waals surface area contributed by atoms with Gasteiger partial charge in [0, 0.05) is 30.2 Å². The van der Waals surface area contributed by atoms with E-state index in [1.807, 2.05) is 30.3 Å². The number of nitrogens with zero attached hydrogens (tertiary/aromatic N) is 4. The van der Waals surface area contributed by atoms with Gasteiger partial charge in [-0.25, -0.2) is 9.36 Å². The maximum Gasteiger partial charge on any atom is 0.418 e. The topological polar surface area (TPSA) is 64.7 Å². The molecular weight excluding hydrogens is 407 g/mol. The highest BCUT2D eigenvalue weighted by Gasteiger charge is 2.34. The van der Waals surface area contributed by atoms with Crippen LogP contribution in [0.2, 0.25) is 0 Å². The first kappa shape index (κ1) is 20.1. The van der Waals surface area contributed by atoms with Crippen LogP contribution in [0.5, 0.6) is 0 Å². The molecule has 31 heavy (non-hydrogen) atoms. The largest absolute Gasteiger partial charge is 0.418 e. The number of halogens is 3. The molecule has 0 spiro atoms. The molecule has 0 radical (unpaired) electrons. The van der Waals surface area contributed by atoms with Gasteiger partial charge >= 0.3 is 6.18 Å². The molecule has 0 aliphatic rings. The van der Waals surface area contributed by atoms with E-state index in [2.05, 4.69) is 15.5 Å². The lowest BCUT2D eigenvalue weighted by atomic mass is 10.1. The third-order valence-corrected chi connectivity index (χ3v) is 4.39. The lowest BCUT2D eigenvalue weighted by molar-refractivity contribution is -0.137. The molecule has 4 rings (SSSR count). The van der Waals surface area contributed by atoms with Crippen LogP contribution >= 0.6 is 0 Å². The molecule has 2 aromatic heterocycles. The summed E-state index contributed by atoms with van der Waals surface area (Å²) in [6, 6.07) is 14.6. The first-order valence-electron chi connectivity index (χ1n) is 9.20. The number of anilines is 1. The summed E-state index contributed by atoms with van der Waals surface area (Å²) in [5, 5.41) is 10.4. The van der Waals surface area contributed by atoms with Crippen LogP contribution in [0.4, 0.5) is 18.9 Å². The van der Waals surface area contributed by atoms with Crippen LogP contribution in [0.25, 0.3) is 17.5 Å². The van der Waals surface area contributed by atoms with Crippen molar-refractivity contribution in [2.75, 3.05) is 5.32 Å². The van der Waals surface area contributed by atoms with Gasteiger partial charge < -0.3 is 5.32 Å². The van der Waals surface area contributed by atoms with Crippen molar-refractivity contribution in [1.82, 2.24) is 19.6 Å². The van der Waals surface area contributed by atoms with Crippen LogP contribution in [0, 0.1) is 0 Å². The summed E-state index contributed by atoms with van der Waals surface area (Å²) in [4.78, 5) is 12.2. The molecule has 6 nitrogen and oxygen atoms in total. The zero-order chi connectivity index (χ0) is 21.8. The highest BCUT2D eigenvalue weighted by atomic mass is 19.4. The fourth-order valence-electron chi connectivity index (χ4n) is 2.93. The van der Waals surface area contributed by atoms with Gasteiger partial charge in [0.15, 0.2) is 0 Å². The number of nitrogens with one attached hydrogen (secondary N) is 1. The Bertz CT molecular complexity index is 1210. The van der Waals surface area contributed by atoms with Gasteiger partial charge in [0.2, 0.25) is 5.91 Å². The van der Waals surface area contributed by atoms with Crippen LogP contribution < -0.4 is 5.32 Å². The first-order valence-corrected chi connectivity index (χ1v) is 9.20. The monoisotopic (exact) mass is 423 g/mol. The summed E-state index contributed by atoms with van der Waals surface area (Å²) in [5.74, 6) is -0.690. The Balaban J connectivity index is 1.51. The van der Waals surface area contributed by atoms with Gasteiger partial charge in [-0.15, -0.1) is 0 Å². The lowest BCUT2D eigenvalue weighted by Crippen LogP contribution is -2.15. The molecule has 0 saturated carbocycles. The second-order valence-corrected chi connectivity index (χ2v) is 6.55. The first-order chi connectivity index (χ1) is 14.9. The third kappa shape index (κ3) is 4.72. The minimum Gasteiger partial charge on any atom is -0.322 e. The van der Waals surface area contributed by atoms with Crippen LogP contribution in [0.3, 0.4) is 0 Å². The van der Waals surface area contributed by atoms with Gasteiger partial charge in [0.1, 0.15) is 0 Å². The van der Waals surface area contributed by atoms with Crippen molar-refractivity contribution in [3.05, 3.63) is 96.6 Å². The van der Waals surface area contributed by atoms with E-state index in [1.165, 1.54) is 35.3 Å². The van der Waals surface area contributed by atoms with Crippen molar-refractivity contribution in [2.45, 2.75) is 6.18 Å². The molecule has 1 N–H and O–H groups in total. The molecule has 0 bridgehead atoms. The number of hydrogen-bond acceptors (Lipinski definition) is 3. The van der Waals surface area contributed by atoms with Crippen LogP contribution in [-0.2, 0) is 11.0 Å². The molecule has 156 valence electrons. The molecule has 0 unspecified atom stereocenters. The summed E-state index contributed by atoms with van der Waals surface area (Å²) in [6.45, 7) is 0. The minimum absolute atomic E-state index is 0.235. The molecule has 0 saturated heterocycles. The predicted octanol–water partition coefficient (Wildman–Crippen LogP) is 4.73. The number of aromatic nitrogens is 4. The molecule has 2 heterocycles. The highest BCUT2D eigenvalue weighted by molar-refractivity contribution is 6.02. The Labute approximate surface area is 175 Å². The normalized spacial score (nSPS) is 11.7. The number of benzene rings is 2.